The Kier molecular flexibility index (Phi) is 7.67. The van der Waals surface area contributed by atoms with Gasteiger partial charge < -0.3 is 9.47 Å². The van der Waals surface area contributed by atoms with E-state index >= 15 is 0 Å². The zero-order valence-corrected chi connectivity index (χ0v) is 18.6. The molecule has 3 rings (SSSR count). The summed E-state index contributed by atoms with van der Waals surface area (Å²) >= 11 is 1.24. The molecule has 1 amide bonds. The molecule has 168 valence electrons. The molecule has 11 heteroatoms. The van der Waals surface area contributed by atoms with Crippen molar-refractivity contribution in [2.75, 3.05) is 12.4 Å². The second-order valence-corrected chi connectivity index (χ2v) is 7.63. The van der Waals surface area contributed by atoms with Crippen molar-refractivity contribution in [3.63, 3.8) is 0 Å². The van der Waals surface area contributed by atoms with Gasteiger partial charge in [-0.05, 0) is 36.3 Å². The first-order valence-electron chi connectivity index (χ1n) is 9.73. The molecule has 0 bridgehead atoms. The maximum atomic E-state index is 12.4. The molecular weight excluding hydrogens is 446 g/mol. The van der Waals surface area contributed by atoms with Crippen LogP contribution in [0.25, 0.3) is 6.08 Å². The summed E-state index contributed by atoms with van der Waals surface area (Å²) in [7, 11) is 1.44. The number of ether oxygens (including phenoxy) is 2. The highest BCUT2D eigenvalue weighted by Gasteiger charge is 2.15. The van der Waals surface area contributed by atoms with Crippen molar-refractivity contribution in [1.29, 1.82) is 5.26 Å². The number of nitro groups is 1. The molecule has 0 spiro atoms. The predicted molar refractivity (Wildman–Crippen MR) is 122 cm³/mol. The van der Waals surface area contributed by atoms with Crippen LogP contribution in [0.2, 0.25) is 0 Å². The Hall–Kier alpha value is -4.30. The summed E-state index contributed by atoms with van der Waals surface area (Å²) in [6.07, 6.45) is 2.10. The van der Waals surface area contributed by atoms with Crippen LogP contribution in [0.4, 0.5) is 10.8 Å². The van der Waals surface area contributed by atoms with Gasteiger partial charge in [-0.1, -0.05) is 36.5 Å². The van der Waals surface area contributed by atoms with Gasteiger partial charge in [0.25, 0.3) is 11.6 Å². The molecule has 0 unspecified atom stereocenters. The average Bonchev–Trinajstić information content (AvgIpc) is 3.28. The van der Waals surface area contributed by atoms with E-state index in [0.717, 1.165) is 5.01 Å². The minimum Gasteiger partial charge on any atom is -0.493 e. The summed E-state index contributed by atoms with van der Waals surface area (Å²) in [6, 6.07) is 13.0. The molecule has 0 aliphatic heterocycles. The van der Waals surface area contributed by atoms with E-state index in [1.165, 1.54) is 30.6 Å². The van der Waals surface area contributed by atoms with Crippen molar-refractivity contribution >= 4 is 34.1 Å². The summed E-state index contributed by atoms with van der Waals surface area (Å²) < 4.78 is 11.1. The number of carbonyl (C=O) groups is 1. The largest absolute Gasteiger partial charge is 0.493 e. The van der Waals surface area contributed by atoms with Crippen LogP contribution >= 0.6 is 11.3 Å². The van der Waals surface area contributed by atoms with Crippen molar-refractivity contribution in [3.05, 3.63) is 74.3 Å². The topological polar surface area (TPSA) is 140 Å². The Balaban J connectivity index is 1.76. The van der Waals surface area contributed by atoms with Crippen molar-refractivity contribution in [1.82, 2.24) is 10.2 Å². The van der Waals surface area contributed by atoms with Crippen LogP contribution in [-0.4, -0.2) is 28.1 Å². The van der Waals surface area contributed by atoms with E-state index < -0.39 is 10.8 Å². The van der Waals surface area contributed by atoms with Gasteiger partial charge in [0.1, 0.15) is 23.3 Å². The van der Waals surface area contributed by atoms with E-state index in [4.69, 9.17) is 9.47 Å². The van der Waals surface area contributed by atoms with Gasteiger partial charge in [-0.3, -0.25) is 20.2 Å². The van der Waals surface area contributed by atoms with Gasteiger partial charge in [0, 0.05) is 6.07 Å². The number of anilines is 1. The SMILES string of the molecule is CCc1nnc(NC(=O)/C(C#N)=C/c2ccc(OCc3ccccc3[N+](=O)[O-])c(OC)c2)s1. The standard InChI is InChI=1S/C22H19N5O5S/c1-3-20-25-26-22(33-20)24-21(28)16(12-23)10-14-8-9-18(19(11-14)31-2)32-13-15-6-4-5-7-17(15)27(29)30/h4-11H,3,13H2,1-2H3,(H,24,26,28)/b16-10+. The van der Waals surface area contributed by atoms with E-state index in [-0.39, 0.29) is 17.9 Å². The lowest BCUT2D eigenvalue weighted by Crippen LogP contribution is -2.13. The van der Waals surface area contributed by atoms with Gasteiger partial charge >= 0.3 is 0 Å². The molecule has 0 aliphatic rings. The first kappa shape index (κ1) is 23.4. The Bertz CT molecular complexity index is 1250. The molecule has 1 heterocycles. The van der Waals surface area contributed by atoms with Gasteiger partial charge in [0.2, 0.25) is 5.13 Å². The number of carbonyl (C=O) groups excluding carboxylic acids is 1. The molecule has 2 aromatic carbocycles. The summed E-state index contributed by atoms with van der Waals surface area (Å²) in [5.74, 6) is 0.0976. The van der Waals surface area contributed by atoms with Crippen LogP contribution in [-0.2, 0) is 17.8 Å². The molecule has 1 aromatic heterocycles. The minimum absolute atomic E-state index is 0.0316. The lowest BCUT2D eigenvalue weighted by Gasteiger charge is -2.12. The first-order chi connectivity index (χ1) is 15.9. The number of hydrogen-bond donors (Lipinski definition) is 1. The number of aryl methyl sites for hydroxylation is 1. The molecule has 3 aromatic rings. The summed E-state index contributed by atoms with van der Waals surface area (Å²) in [5, 5.41) is 32.1. The second-order valence-electron chi connectivity index (χ2n) is 6.56. The number of aromatic nitrogens is 2. The fraction of sp³-hybridized carbons (Fsp3) is 0.182. The van der Waals surface area contributed by atoms with Gasteiger partial charge in [-0.15, -0.1) is 10.2 Å². The molecule has 0 saturated heterocycles. The predicted octanol–water partition coefficient (Wildman–Crippen LogP) is 4.14. The number of methoxy groups -OCH3 is 1. The molecule has 33 heavy (non-hydrogen) atoms. The van der Waals surface area contributed by atoms with Crippen LogP contribution < -0.4 is 14.8 Å². The van der Waals surface area contributed by atoms with Crippen LogP contribution in [0, 0.1) is 21.4 Å². The highest BCUT2D eigenvalue weighted by Crippen LogP contribution is 2.31. The van der Waals surface area contributed by atoms with Crippen molar-refractivity contribution in [2.24, 2.45) is 0 Å². The highest BCUT2D eigenvalue weighted by atomic mass is 32.1. The number of rotatable bonds is 9. The lowest BCUT2D eigenvalue weighted by molar-refractivity contribution is -0.385. The number of nitrogens with zero attached hydrogens (tertiary/aromatic N) is 4. The van der Waals surface area contributed by atoms with E-state index in [1.807, 2.05) is 13.0 Å². The molecule has 10 nitrogen and oxygen atoms in total. The van der Waals surface area contributed by atoms with Crippen LogP contribution in [0.3, 0.4) is 0 Å². The van der Waals surface area contributed by atoms with Crippen LogP contribution in [0.5, 0.6) is 11.5 Å². The van der Waals surface area contributed by atoms with Gasteiger partial charge in [0.15, 0.2) is 11.5 Å². The second kappa shape index (κ2) is 10.8. The Morgan fingerprint density at radius 1 is 1.27 bits per heavy atom. The van der Waals surface area contributed by atoms with Gasteiger partial charge in [-0.25, -0.2) is 0 Å². The summed E-state index contributed by atoms with van der Waals surface area (Å²) in [5.41, 5.74) is 0.782. The van der Waals surface area contributed by atoms with E-state index in [9.17, 15) is 20.2 Å². The van der Waals surface area contributed by atoms with E-state index in [2.05, 4.69) is 15.5 Å². The molecular formula is C22H19N5O5S. The summed E-state index contributed by atoms with van der Waals surface area (Å²) in [4.78, 5) is 23.1. The fourth-order valence-corrected chi connectivity index (χ4v) is 3.46. The third-order valence-corrected chi connectivity index (χ3v) is 5.41. The molecule has 0 fully saturated rings. The van der Waals surface area contributed by atoms with Crippen LogP contribution in [0.15, 0.2) is 48.0 Å². The number of nitro benzene ring substituents is 1. The molecule has 0 atom stereocenters. The monoisotopic (exact) mass is 465 g/mol. The number of nitriles is 1. The molecule has 1 N–H and O–H groups in total. The third-order valence-electron chi connectivity index (χ3n) is 4.43. The Morgan fingerprint density at radius 2 is 2.06 bits per heavy atom. The highest BCUT2D eigenvalue weighted by molar-refractivity contribution is 7.15. The smallest absolute Gasteiger partial charge is 0.276 e. The maximum absolute atomic E-state index is 12.4. The Labute approximate surface area is 193 Å². The number of para-hydroxylation sites is 1. The quantitative estimate of drug-likeness (QED) is 0.215. The van der Waals surface area contributed by atoms with E-state index in [0.29, 0.717) is 34.2 Å². The summed E-state index contributed by atoms with van der Waals surface area (Å²) in [6.45, 7) is 1.89. The fourth-order valence-electron chi connectivity index (χ4n) is 2.79. The Morgan fingerprint density at radius 3 is 2.73 bits per heavy atom. The number of benzene rings is 2. The van der Waals surface area contributed by atoms with Crippen LogP contribution in [0.1, 0.15) is 23.1 Å². The number of nitrogens with one attached hydrogen (secondary N) is 1. The maximum Gasteiger partial charge on any atom is 0.276 e. The normalized spacial score (nSPS) is 10.9. The molecule has 0 radical (unpaired) electrons. The van der Waals surface area contributed by atoms with Crippen molar-refractivity contribution in [3.8, 4) is 17.6 Å². The lowest BCUT2D eigenvalue weighted by atomic mass is 10.1. The number of hydrogen-bond acceptors (Lipinski definition) is 9. The molecule has 0 aliphatic carbocycles. The van der Waals surface area contributed by atoms with Crippen molar-refractivity contribution < 1.29 is 19.2 Å². The minimum atomic E-state index is -0.605. The van der Waals surface area contributed by atoms with Crippen molar-refractivity contribution in [2.45, 2.75) is 20.0 Å². The zero-order chi connectivity index (χ0) is 23.8. The first-order valence-corrected chi connectivity index (χ1v) is 10.6. The third kappa shape index (κ3) is 5.90. The van der Waals surface area contributed by atoms with Gasteiger partial charge in [-0.2, -0.15) is 5.26 Å². The van der Waals surface area contributed by atoms with Gasteiger partial charge in [0.05, 0.1) is 17.6 Å². The molecule has 0 saturated carbocycles. The zero-order valence-electron chi connectivity index (χ0n) is 17.8. The average molecular weight is 465 g/mol. The number of amides is 1. The van der Waals surface area contributed by atoms with E-state index in [1.54, 1.807) is 36.4 Å².